The average Bonchev–Trinajstić information content (AvgIpc) is 3.00. The van der Waals surface area contributed by atoms with Gasteiger partial charge in [-0.1, -0.05) is 23.2 Å². The third kappa shape index (κ3) is 7.66. The third-order valence-electron chi connectivity index (χ3n) is 2.97. The summed E-state index contributed by atoms with van der Waals surface area (Å²) < 4.78 is 4.92. The second-order valence-corrected chi connectivity index (χ2v) is 6.36. The standard InChI is InChI=1S/C15H17Cl2N3O2S.2ClH/c1-22-7-6-18-4-5-19-14(21)13-9-23-15(20-13)11-3-2-10(16)8-12(11)17;;/h2-3,8-9,18H,4-7H2,1H3,(H,19,21);2*1H. The Morgan fingerprint density at radius 3 is 2.68 bits per heavy atom. The van der Waals surface area contributed by atoms with Crippen molar-refractivity contribution in [3.05, 3.63) is 39.3 Å². The topological polar surface area (TPSA) is 63.2 Å². The van der Waals surface area contributed by atoms with E-state index in [-0.39, 0.29) is 30.7 Å². The highest BCUT2D eigenvalue weighted by molar-refractivity contribution is 7.13. The van der Waals surface area contributed by atoms with Gasteiger partial charge in [-0.25, -0.2) is 4.98 Å². The van der Waals surface area contributed by atoms with E-state index >= 15 is 0 Å². The molecule has 0 bridgehead atoms. The fraction of sp³-hybridized carbons (Fsp3) is 0.333. The Morgan fingerprint density at radius 2 is 2.00 bits per heavy atom. The number of benzene rings is 1. The normalized spacial score (nSPS) is 9.88. The number of methoxy groups -OCH3 is 1. The van der Waals surface area contributed by atoms with Crippen LogP contribution in [0.2, 0.25) is 10.0 Å². The predicted octanol–water partition coefficient (Wildman–Crippen LogP) is 3.93. The molecule has 10 heteroatoms. The zero-order valence-corrected chi connectivity index (χ0v) is 17.3. The lowest BCUT2D eigenvalue weighted by molar-refractivity contribution is 0.0949. The van der Waals surface area contributed by atoms with Gasteiger partial charge in [-0.15, -0.1) is 36.2 Å². The van der Waals surface area contributed by atoms with E-state index < -0.39 is 0 Å². The number of hydrogen-bond donors (Lipinski definition) is 2. The molecule has 0 fully saturated rings. The van der Waals surface area contributed by atoms with Gasteiger partial charge in [0.1, 0.15) is 10.7 Å². The van der Waals surface area contributed by atoms with Gasteiger partial charge in [0.15, 0.2) is 0 Å². The molecule has 140 valence electrons. The minimum atomic E-state index is -0.203. The molecule has 0 spiro atoms. The van der Waals surface area contributed by atoms with Crippen LogP contribution in [-0.4, -0.2) is 44.2 Å². The van der Waals surface area contributed by atoms with Crippen LogP contribution in [0.1, 0.15) is 10.5 Å². The van der Waals surface area contributed by atoms with Crippen LogP contribution in [0.25, 0.3) is 10.6 Å². The van der Waals surface area contributed by atoms with Gasteiger partial charge in [0.2, 0.25) is 0 Å². The molecular weight excluding hydrogens is 428 g/mol. The van der Waals surface area contributed by atoms with Gasteiger partial charge in [-0.05, 0) is 18.2 Å². The molecule has 0 aliphatic heterocycles. The van der Waals surface area contributed by atoms with Gasteiger partial charge in [0.05, 0.1) is 11.6 Å². The maximum atomic E-state index is 12.0. The van der Waals surface area contributed by atoms with Crippen molar-refractivity contribution in [2.24, 2.45) is 0 Å². The number of thiazole rings is 1. The lowest BCUT2D eigenvalue weighted by Gasteiger charge is -2.05. The Bertz CT molecular complexity index is 670. The molecule has 1 aromatic carbocycles. The van der Waals surface area contributed by atoms with E-state index in [1.54, 1.807) is 30.7 Å². The SMILES string of the molecule is COCCNCCNC(=O)c1csc(-c2ccc(Cl)cc2Cl)n1.Cl.Cl. The largest absolute Gasteiger partial charge is 0.383 e. The number of aromatic nitrogens is 1. The van der Waals surface area contributed by atoms with Gasteiger partial charge in [-0.2, -0.15) is 0 Å². The summed E-state index contributed by atoms with van der Waals surface area (Å²) in [5.41, 5.74) is 1.15. The van der Waals surface area contributed by atoms with E-state index in [0.717, 1.165) is 12.1 Å². The molecule has 1 aromatic heterocycles. The average molecular weight is 447 g/mol. The molecule has 2 rings (SSSR count). The number of hydrogen-bond acceptors (Lipinski definition) is 5. The summed E-state index contributed by atoms with van der Waals surface area (Å²) in [4.78, 5) is 16.4. The van der Waals surface area contributed by atoms with E-state index in [4.69, 9.17) is 27.9 Å². The van der Waals surface area contributed by atoms with Gasteiger partial charge < -0.3 is 15.4 Å². The van der Waals surface area contributed by atoms with E-state index in [9.17, 15) is 4.79 Å². The number of halogens is 4. The van der Waals surface area contributed by atoms with Gasteiger partial charge in [-0.3, -0.25) is 4.79 Å². The highest BCUT2D eigenvalue weighted by atomic mass is 35.5. The Kier molecular flexibility index (Phi) is 12.4. The summed E-state index contributed by atoms with van der Waals surface area (Å²) in [6.45, 7) is 2.60. The highest BCUT2D eigenvalue weighted by Crippen LogP contribution is 2.32. The van der Waals surface area contributed by atoms with Crippen molar-refractivity contribution < 1.29 is 9.53 Å². The summed E-state index contributed by atoms with van der Waals surface area (Å²) in [7, 11) is 1.65. The lowest BCUT2D eigenvalue weighted by atomic mass is 10.2. The molecule has 25 heavy (non-hydrogen) atoms. The predicted molar refractivity (Wildman–Crippen MR) is 109 cm³/mol. The van der Waals surface area contributed by atoms with Gasteiger partial charge >= 0.3 is 0 Å². The molecule has 0 unspecified atom stereocenters. The Morgan fingerprint density at radius 1 is 1.24 bits per heavy atom. The van der Waals surface area contributed by atoms with Crippen molar-refractivity contribution >= 4 is 65.3 Å². The number of nitrogens with one attached hydrogen (secondary N) is 2. The summed E-state index contributed by atoms with van der Waals surface area (Å²) >= 11 is 13.4. The molecule has 0 saturated heterocycles. The second kappa shape index (κ2) is 12.7. The number of ether oxygens (including phenoxy) is 1. The van der Waals surface area contributed by atoms with Crippen LogP contribution in [0.5, 0.6) is 0 Å². The monoisotopic (exact) mass is 445 g/mol. The first-order chi connectivity index (χ1) is 11.1. The Hall–Kier alpha value is -0.600. The maximum absolute atomic E-state index is 12.0. The molecule has 1 amide bonds. The van der Waals surface area contributed by atoms with E-state index in [0.29, 0.717) is 40.4 Å². The van der Waals surface area contributed by atoms with Crippen LogP contribution in [0.3, 0.4) is 0 Å². The number of nitrogens with zero attached hydrogens (tertiary/aromatic N) is 1. The molecule has 1 heterocycles. The lowest BCUT2D eigenvalue weighted by Crippen LogP contribution is -2.33. The van der Waals surface area contributed by atoms with Crippen molar-refractivity contribution in [2.45, 2.75) is 0 Å². The smallest absolute Gasteiger partial charge is 0.270 e. The fourth-order valence-corrected chi connectivity index (χ4v) is 3.21. The molecule has 0 aliphatic rings. The quantitative estimate of drug-likeness (QED) is 0.603. The van der Waals surface area contributed by atoms with Crippen LogP contribution < -0.4 is 10.6 Å². The minimum Gasteiger partial charge on any atom is -0.383 e. The summed E-state index contributed by atoms with van der Waals surface area (Å²) in [6.07, 6.45) is 0. The number of rotatable bonds is 8. The van der Waals surface area contributed by atoms with Crippen molar-refractivity contribution in [1.29, 1.82) is 0 Å². The van der Waals surface area contributed by atoms with Crippen molar-refractivity contribution in [2.75, 3.05) is 33.4 Å². The van der Waals surface area contributed by atoms with Gasteiger partial charge in [0, 0.05) is 42.7 Å². The summed E-state index contributed by atoms with van der Waals surface area (Å²) in [5, 5.41) is 9.45. The fourth-order valence-electron chi connectivity index (χ4n) is 1.82. The summed E-state index contributed by atoms with van der Waals surface area (Å²) in [5.74, 6) is -0.203. The highest BCUT2D eigenvalue weighted by Gasteiger charge is 2.13. The van der Waals surface area contributed by atoms with Crippen molar-refractivity contribution in [1.82, 2.24) is 15.6 Å². The Balaban J connectivity index is 0.00000288. The zero-order chi connectivity index (χ0) is 16.7. The first-order valence-corrected chi connectivity index (χ1v) is 8.64. The first kappa shape index (κ1) is 24.4. The van der Waals surface area contributed by atoms with Crippen molar-refractivity contribution in [3.63, 3.8) is 0 Å². The van der Waals surface area contributed by atoms with Crippen LogP contribution in [0, 0.1) is 0 Å². The third-order valence-corrected chi connectivity index (χ3v) is 4.39. The molecule has 2 N–H and O–H groups in total. The van der Waals surface area contributed by atoms with E-state index in [2.05, 4.69) is 15.6 Å². The number of amides is 1. The van der Waals surface area contributed by atoms with Crippen molar-refractivity contribution in [3.8, 4) is 10.6 Å². The molecule has 5 nitrogen and oxygen atoms in total. The minimum absolute atomic E-state index is 0. The number of carbonyl (C=O) groups is 1. The zero-order valence-electron chi connectivity index (χ0n) is 13.4. The number of carbonyl (C=O) groups excluding carboxylic acids is 1. The second-order valence-electron chi connectivity index (χ2n) is 4.66. The molecular formula is C15H19Cl4N3O2S. The molecule has 0 aliphatic carbocycles. The van der Waals surface area contributed by atoms with Crippen LogP contribution in [-0.2, 0) is 4.74 Å². The molecule has 0 saturated carbocycles. The molecule has 0 atom stereocenters. The van der Waals surface area contributed by atoms with Gasteiger partial charge in [0.25, 0.3) is 5.91 Å². The summed E-state index contributed by atoms with van der Waals surface area (Å²) in [6, 6.07) is 5.20. The van der Waals surface area contributed by atoms with E-state index in [1.165, 1.54) is 11.3 Å². The van der Waals surface area contributed by atoms with E-state index in [1.807, 2.05) is 0 Å². The molecule has 2 aromatic rings. The Labute approximate surface area is 173 Å². The van der Waals surface area contributed by atoms with Crippen LogP contribution >= 0.6 is 59.4 Å². The molecule has 0 radical (unpaired) electrons. The first-order valence-electron chi connectivity index (χ1n) is 7.00. The van der Waals surface area contributed by atoms with Crippen LogP contribution in [0.4, 0.5) is 0 Å². The van der Waals surface area contributed by atoms with Crippen LogP contribution in [0.15, 0.2) is 23.6 Å². The maximum Gasteiger partial charge on any atom is 0.270 e.